The second-order valence-corrected chi connectivity index (χ2v) is 10.3. The number of ketones is 1. The summed E-state index contributed by atoms with van der Waals surface area (Å²) < 4.78 is 22.4. The largest absolute Gasteiger partial charge is 0.494 e. The van der Waals surface area contributed by atoms with E-state index in [1.165, 1.54) is 32.8 Å². The third-order valence-corrected chi connectivity index (χ3v) is 7.46. The molecule has 0 bridgehead atoms. The summed E-state index contributed by atoms with van der Waals surface area (Å²) in [5.41, 5.74) is 3.12. The van der Waals surface area contributed by atoms with E-state index in [2.05, 4.69) is 6.92 Å². The van der Waals surface area contributed by atoms with E-state index < -0.39 is 5.97 Å². The zero-order valence-corrected chi connectivity index (χ0v) is 23.4. The third-order valence-electron chi connectivity index (χ3n) is 7.46. The normalized spacial score (nSPS) is 16.5. The molecular formula is C34H34O7. The van der Waals surface area contributed by atoms with Crippen molar-refractivity contribution in [1.29, 1.82) is 0 Å². The van der Waals surface area contributed by atoms with E-state index in [1.807, 2.05) is 24.3 Å². The highest BCUT2D eigenvalue weighted by molar-refractivity contribution is 6.15. The van der Waals surface area contributed by atoms with Crippen LogP contribution in [0.4, 0.5) is 0 Å². The van der Waals surface area contributed by atoms with Crippen molar-refractivity contribution in [3.8, 4) is 17.2 Å². The standard InChI is InChI=1S/C34H34O7/c1-3-4-5-6-7-8-19-39-25-15-13-23(14-16-25)27-21-30(35)40-28-18-17-26-32(36)29(41-33(26)31(27)28)20-22-9-11-24(12-10-22)34(37)38-2/h9-18,20,27H,3-8,19,21H2,1-2H3/b29-20-/t27-/m0/s1. The molecule has 41 heavy (non-hydrogen) atoms. The van der Waals surface area contributed by atoms with Crippen LogP contribution in [0.5, 0.6) is 17.2 Å². The number of benzene rings is 3. The molecule has 3 aromatic carbocycles. The van der Waals surface area contributed by atoms with Crippen LogP contribution in [-0.4, -0.2) is 31.4 Å². The van der Waals surface area contributed by atoms with Crippen LogP contribution in [0.15, 0.2) is 66.4 Å². The first-order chi connectivity index (χ1) is 20.0. The third kappa shape index (κ3) is 6.35. The van der Waals surface area contributed by atoms with Gasteiger partial charge in [0.1, 0.15) is 17.2 Å². The van der Waals surface area contributed by atoms with Gasteiger partial charge in [-0.15, -0.1) is 0 Å². The van der Waals surface area contributed by atoms with Crippen molar-refractivity contribution in [2.45, 2.75) is 57.8 Å². The zero-order chi connectivity index (χ0) is 28.8. The molecular weight excluding hydrogens is 520 g/mol. The van der Waals surface area contributed by atoms with Crippen LogP contribution in [0.3, 0.4) is 0 Å². The molecule has 5 rings (SSSR count). The highest BCUT2D eigenvalue weighted by Crippen LogP contribution is 2.49. The van der Waals surface area contributed by atoms with E-state index in [0.29, 0.717) is 40.4 Å². The molecule has 7 nitrogen and oxygen atoms in total. The fraction of sp³-hybridized carbons (Fsp3) is 0.324. The lowest BCUT2D eigenvalue weighted by Gasteiger charge is -2.26. The SMILES string of the molecule is CCCCCCCCOc1ccc([C@@H]2CC(=O)Oc3ccc4c(c32)O/C(=C\c2ccc(C(=O)OC)cc2)C4=O)cc1. The lowest BCUT2D eigenvalue weighted by molar-refractivity contribution is -0.135. The first kappa shape index (κ1) is 28.1. The van der Waals surface area contributed by atoms with E-state index >= 15 is 0 Å². The van der Waals surface area contributed by atoms with Crippen molar-refractivity contribution in [1.82, 2.24) is 0 Å². The van der Waals surface area contributed by atoms with Gasteiger partial charge in [-0.2, -0.15) is 0 Å². The Bertz CT molecular complexity index is 1450. The predicted octanol–water partition coefficient (Wildman–Crippen LogP) is 7.27. The number of methoxy groups -OCH3 is 1. The maximum atomic E-state index is 13.3. The van der Waals surface area contributed by atoms with Gasteiger partial charge in [-0.3, -0.25) is 9.59 Å². The summed E-state index contributed by atoms with van der Waals surface area (Å²) in [5.74, 6) is 0.387. The van der Waals surface area contributed by atoms with Crippen molar-refractivity contribution in [3.63, 3.8) is 0 Å². The molecule has 7 heteroatoms. The number of unbranched alkanes of at least 4 members (excludes halogenated alkanes) is 5. The van der Waals surface area contributed by atoms with Crippen molar-refractivity contribution in [2.75, 3.05) is 13.7 Å². The Balaban J connectivity index is 1.33. The van der Waals surface area contributed by atoms with Gasteiger partial charge >= 0.3 is 11.9 Å². The lowest BCUT2D eigenvalue weighted by atomic mass is 9.84. The fourth-order valence-electron chi connectivity index (χ4n) is 5.24. The molecule has 0 saturated heterocycles. The van der Waals surface area contributed by atoms with Crippen molar-refractivity contribution in [2.24, 2.45) is 0 Å². The van der Waals surface area contributed by atoms with Crippen molar-refractivity contribution >= 4 is 23.8 Å². The van der Waals surface area contributed by atoms with Crippen molar-refractivity contribution < 1.29 is 33.3 Å². The van der Waals surface area contributed by atoms with Gasteiger partial charge in [-0.25, -0.2) is 4.79 Å². The van der Waals surface area contributed by atoms with Gasteiger partial charge in [0.05, 0.1) is 31.3 Å². The van der Waals surface area contributed by atoms with Crippen LogP contribution in [0.2, 0.25) is 0 Å². The molecule has 0 N–H and O–H groups in total. The van der Waals surface area contributed by atoms with Crippen LogP contribution in [0, 0.1) is 0 Å². The summed E-state index contributed by atoms with van der Waals surface area (Å²) >= 11 is 0. The van der Waals surface area contributed by atoms with E-state index in [-0.39, 0.29) is 29.9 Å². The predicted molar refractivity (Wildman–Crippen MR) is 155 cm³/mol. The van der Waals surface area contributed by atoms with Gasteiger partial charge < -0.3 is 18.9 Å². The average molecular weight is 555 g/mol. The maximum absolute atomic E-state index is 13.3. The average Bonchev–Trinajstić information content (AvgIpc) is 3.31. The molecule has 2 aliphatic heterocycles. The number of Topliss-reactive ketones (excluding diaryl/α,β-unsaturated/α-hetero) is 1. The van der Waals surface area contributed by atoms with Crippen LogP contribution < -0.4 is 14.2 Å². The Hall–Kier alpha value is -4.39. The number of carbonyl (C=O) groups is 3. The van der Waals surface area contributed by atoms with Gasteiger partial charge in [0, 0.05) is 11.5 Å². The number of hydrogen-bond donors (Lipinski definition) is 0. The minimum Gasteiger partial charge on any atom is -0.494 e. The minimum atomic E-state index is -0.436. The monoisotopic (exact) mass is 554 g/mol. The first-order valence-electron chi connectivity index (χ1n) is 14.2. The topological polar surface area (TPSA) is 88.1 Å². The summed E-state index contributed by atoms with van der Waals surface area (Å²) in [4.78, 5) is 37.5. The second-order valence-electron chi connectivity index (χ2n) is 10.3. The van der Waals surface area contributed by atoms with Crippen LogP contribution in [-0.2, 0) is 9.53 Å². The molecule has 0 unspecified atom stereocenters. The number of fused-ring (bicyclic) bond motifs is 3. The highest BCUT2D eigenvalue weighted by atomic mass is 16.5. The summed E-state index contributed by atoms with van der Waals surface area (Å²) in [7, 11) is 1.32. The van der Waals surface area contributed by atoms with Crippen LogP contribution in [0.25, 0.3) is 6.08 Å². The molecule has 3 aromatic rings. The Labute approximate surface area is 240 Å². The molecule has 0 amide bonds. The highest BCUT2D eigenvalue weighted by Gasteiger charge is 2.38. The Morgan fingerprint density at radius 2 is 1.63 bits per heavy atom. The fourth-order valence-corrected chi connectivity index (χ4v) is 5.24. The molecule has 0 fully saturated rings. The maximum Gasteiger partial charge on any atom is 0.337 e. The first-order valence-corrected chi connectivity index (χ1v) is 14.2. The van der Waals surface area contributed by atoms with E-state index in [1.54, 1.807) is 42.5 Å². The molecule has 0 saturated carbocycles. The number of hydrogen-bond acceptors (Lipinski definition) is 7. The summed E-state index contributed by atoms with van der Waals surface area (Å²) in [6.45, 7) is 2.89. The molecule has 0 radical (unpaired) electrons. The molecule has 1 atom stereocenters. The van der Waals surface area contributed by atoms with Gasteiger partial charge in [0.2, 0.25) is 5.78 Å². The van der Waals surface area contributed by atoms with Gasteiger partial charge in [0.25, 0.3) is 0 Å². The zero-order valence-electron chi connectivity index (χ0n) is 23.4. The quantitative estimate of drug-likeness (QED) is 0.107. The molecule has 0 aromatic heterocycles. The Kier molecular flexibility index (Phi) is 8.82. The number of rotatable bonds is 11. The van der Waals surface area contributed by atoms with Crippen LogP contribution in [0.1, 0.15) is 95.2 Å². The van der Waals surface area contributed by atoms with E-state index in [9.17, 15) is 14.4 Å². The summed E-state index contributed by atoms with van der Waals surface area (Å²) in [6, 6.07) is 17.7. The minimum absolute atomic E-state index is 0.132. The summed E-state index contributed by atoms with van der Waals surface area (Å²) in [5, 5.41) is 0. The Morgan fingerprint density at radius 1 is 0.902 bits per heavy atom. The number of esters is 2. The number of allylic oxidation sites excluding steroid dienone is 1. The molecule has 2 heterocycles. The summed E-state index contributed by atoms with van der Waals surface area (Å²) in [6.07, 6.45) is 8.99. The second kappa shape index (κ2) is 12.9. The van der Waals surface area contributed by atoms with Crippen LogP contribution >= 0.6 is 0 Å². The van der Waals surface area contributed by atoms with E-state index in [0.717, 1.165) is 24.2 Å². The Morgan fingerprint density at radius 3 is 2.37 bits per heavy atom. The van der Waals surface area contributed by atoms with Crippen molar-refractivity contribution in [3.05, 3.63) is 94.2 Å². The van der Waals surface area contributed by atoms with E-state index in [4.69, 9.17) is 18.9 Å². The van der Waals surface area contributed by atoms with Gasteiger partial charge in [-0.05, 0) is 60.0 Å². The molecule has 0 aliphatic carbocycles. The van der Waals surface area contributed by atoms with Gasteiger partial charge in [0.15, 0.2) is 5.76 Å². The lowest BCUT2D eigenvalue weighted by Crippen LogP contribution is -2.21. The van der Waals surface area contributed by atoms with Gasteiger partial charge in [-0.1, -0.05) is 63.3 Å². The number of ether oxygens (including phenoxy) is 4. The molecule has 0 spiro atoms. The smallest absolute Gasteiger partial charge is 0.337 e. The number of carbonyl (C=O) groups excluding carboxylic acids is 3. The molecule has 2 aliphatic rings. The molecule has 212 valence electrons.